The maximum atomic E-state index is 10.6. The van der Waals surface area contributed by atoms with Gasteiger partial charge in [-0.25, -0.2) is 0 Å². The summed E-state index contributed by atoms with van der Waals surface area (Å²) in [5.41, 5.74) is 0. The molecular weight excluding hydrogens is 216 g/mol. The van der Waals surface area contributed by atoms with Crippen molar-refractivity contribution in [3.8, 4) is 0 Å². The summed E-state index contributed by atoms with van der Waals surface area (Å²) in [5, 5.41) is 8.14. The van der Waals surface area contributed by atoms with Crippen LogP contribution in [-0.2, 0) is 34.5 Å². The molecule has 0 aromatic heterocycles. The van der Waals surface area contributed by atoms with Gasteiger partial charge in [-0.15, -0.1) is 0 Å². The van der Waals surface area contributed by atoms with Gasteiger partial charge in [-0.1, -0.05) is 0 Å². The number of ketones is 2. The van der Waals surface area contributed by atoms with E-state index < -0.39 is 30.4 Å². The normalized spacial score (nSPS) is 9.50. The maximum absolute atomic E-state index is 10.6. The van der Waals surface area contributed by atoms with Crippen molar-refractivity contribution < 1.29 is 39.7 Å². The van der Waals surface area contributed by atoms with E-state index in [9.17, 15) is 14.4 Å². The number of rotatable bonds is 6. The van der Waals surface area contributed by atoms with Crippen LogP contribution in [0, 0.1) is 0 Å². The molecule has 0 unspecified atom stereocenters. The molecule has 0 spiro atoms. The Morgan fingerprint density at radius 3 is 2.17 bits per heavy atom. The van der Waals surface area contributed by atoms with Crippen LogP contribution in [0.5, 0.6) is 0 Å². The number of carbonyl (C=O) groups excluding carboxylic acids is 2. The molecule has 72 valence electrons. The molecule has 0 aliphatic rings. The predicted molar refractivity (Wildman–Crippen MR) is 32.8 cm³/mol. The molecule has 0 aliphatic carbocycles. The Balaban J connectivity index is 3.69. The van der Waals surface area contributed by atoms with Crippen molar-refractivity contribution in [1.29, 1.82) is 0 Å². The zero-order valence-electron chi connectivity index (χ0n) is 6.00. The third-order valence-electron chi connectivity index (χ3n) is 0.947. The average molecular weight is 223 g/mol. The predicted octanol–water partition coefficient (Wildman–Crippen LogP) is -0.532. The minimum atomic E-state index is -1.24. The van der Waals surface area contributed by atoms with Gasteiger partial charge in [0.2, 0.25) is 0 Å². The third kappa shape index (κ3) is 6.03. The zero-order valence-corrected chi connectivity index (χ0v) is 6.94. The van der Waals surface area contributed by atoms with Crippen molar-refractivity contribution >= 4 is 17.5 Å². The van der Waals surface area contributed by atoms with Crippen LogP contribution in [0.15, 0.2) is 0 Å². The van der Waals surface area contributed by atoms with Crippen LogP contribution in [0.1, 0.15) is 12.8 Å². The van der Waals surface area contributed by atoms with Gasteiger partial charge in [-0.2, -0.15) is 0 Å². The van der Waals surface area contributed by atoms with Gasteiger partial charge in [0, 0.05) is 0 Å². The van der Waals surface area contributed by atoms with Gasteiger partial charge in [0.25, 0.3) is 0 Å². The number of carboxylic acid groups (broad SMARTS) is 1. The molecule has 0 aliphatic heterocycles. The van der Waals surface area contributed by atoms with Gasteiger partial charge in [0.15, 0.2) is 0 Å². The molecule has 0 saturated carbocycles. The Hall–Kier alpha value is -0.711. The number of aliphatic carboxylic acids is 1. The molecule has 0 aromatic carbocycles. The standard InChI is InChI=1S/C6H7O5.Cu/c7-3-5(9)1-4(8)2-6(10)11;/h1-3H2,(H,10,11);/q-1;+1. The summed E-state index contributed by atoms with van der Waals surface area (Å²) < 4.78 is 4.02. The first kappa shape index (κ1) is 11.3. The zero-order chi connectivity index (χ0) is 9.56. The molecule has 0 amide bonds. The summed E-state index contributed by atoms with van der Waals surface area (Å²) in [6.45, 7) is -0.342. The molecule has 0 rings (SSSR count). The van der Waals surface area contributed by atoms with Crippen LogP contribution in [0.25, 0.3) is 0 Å². The van der Waals surface area contributed by atoms with E-state index in [4.69, 9.17) is 5.11 Å². The first-order valence-electron chi connectivity index (χ1n) is 3.02. The fourth-order valence-corrected chi connectivity index (χ4v) is 0.702. The van der Waals surface area contributed by atoms with E-state index in [1.165, 1.54) is 0 Å². The van der Waals surface area contributed by atoms with Crippen molar-refractivity contribution in [3.63, 3.8) is 0 Å². The molecule has 5 nitrogen and oxygen atoms in total. The fraction of sp³-hybridized carbons (Fsp3) is 0.500. The number of Topliss-reactive ketones (excluding diaryl/α,β-unsaturated/α-hetero) is 2. The Morgan fingerprint density at radius 1 is 1.17 bits per heavy atom. The molecule has 0 heterocycles. The number of carboxylic acids is 1. The summed E-state index contributed by atoms with van der Waals surface area (Å²) in [7, 11) is 0. The SMILES string of the molecule is O=C(O)CC(=O)CC(=O)C[O][Cu]. The summed E-state index contributed by atoms with van der Waals surface area (Å²) in [4.78, 5) is 31.2. The summed E-state index contributed by atoms with van der Waals surface area (Å²) >= 11 is 4.15. The van der Waals surface area contributed by atoms with Gasteiger partial charge in [0.1, 0.15) is 0 Å². The number of hydrogen-bond acceptors (Lipinski definition) is 4. The Morgan fingerprint density at radius 2 is 1.75 bits per heavy atom. The van der Waals surface area contributed by atoms with Crippen molar-refractivity contribution in [3.05, 3.63) is 0 Å². The molecule has 0 saturated heterocycles. The van der Waals surface area contributed by atoms with Gasteiger partial charge < -0.3 is 0 Å². The van der Waals surface area contributed by atoms with Crippen LogP contribution in [0.2, 0.25) is 0 Å². The second-order valence-corrected chi connectivity index (χ2v) is 2.33. The van der Waals surface area contributed by atoms with Crippen LogP contribution in [0.3, 0.4) is 0 Å². The summed E-state index contributed by atoms with van der Waals surface area (Å²) in [5.74, 6) is -2.40. The van der Waals surface area contributed by atoms with E-state index in [0.29, 0.717) is 0 Å². The number of hydrogen-bond donors (Lipinski definition) is 1. The second kappa shape index (κ2) is 5.88. The molecule has 1 N–H and O–H groups in total. The first-order chi connectivity index (χ1) is 5.56. The van der Waals surface area contributed by atoms with Crippen LogP contribution >= 0.6 is 0 Å². The van der Waals surface area contributed by atoms with Crippen LogP contribution < -0.4 is 0 Å². The molecule has 0 fully saturated rings. The molecule has 0 radical (unpaired) electrons. The molecule has 0 bridgehead atoms. The molecule has 6 heteroatoms. The average Bonchev–Trinajstić information content (AvgIpc) is 1.84. The molecular formula is C6H7CuO5. The number of carbonyl (C=O) groups is 3. The van der Waals surface area contributed by atoms with E-state index in [-0.39, 0.29) is 6.61 Å². The fourth-order valence-electron chi connectivity index (χ4n) is 0.551. The van der Waals surface area contributed by atoms with Crippen LogP contribution in [-0.4, -0.2) is 29.2 Å². The van der Waals surface area contributed by atoms with E-state index in [0.717, 1.165) is 0 Å². The van der Waals surface area contributed by atoms with Crippen molar-refractivity contribution in [2.75, 3.05) is 6.61 Å². The summed E-state index contributed by atoms with van der Waals surface area (Å²) in [6.07, 6.45) is -1.07. The summed E-state index contributed by atoms with van der Waals surface area (Å²) in [6, 6.07) is 0. The van der Waals surface area contributed by atoms with E-state index in [1.54, 1.807) is 0 Å². The topological polar surface area (TPSA) is 80.7 Å². The molecule has 0 atom stereocenters. The molecule has 0 aromatic rings. The second-order valence-electron chi connectivity index (χ2n) is 2.06. The first-order valence-corrected chi connectivity index (χ1v) is 3.40. The van der Waals surface area contributed by atoms with Gasteiger partial charge >= 0.3 is 76.6 Å². The third-order valence-corrected chi connectivity index (χ3v) is 1.08. The van der Waals surface area contributed by atoms with Crippen molar-refractivity contribution in [2.45, 2.75) is 12.8 Å². The van der Waals surface area contributed by atoms with E-state index >= 15 is 0 Å². The Labute approximate surface area is 77.2 Å². The van der Waals surface area contributed by atoms with Crippen LogP contribution in [0.4, 0.5) is 0 Å². The van der Waals surface area contributed by atoms with Gasteiger partial charge in [0.05, 0.1) is 0 Å². The Bertz CT molecular complexity index is 200. The van der Waals surface area contributed by atoms with Crippen molar-refractivity contribution in [1.82, 2.24) is 0 Å². The Kier molecular flexibility index (Phi) is 5.53. The molecule has 12 heavy (non-hydrogen) atoms. The van der Waals surface area contributed by atoms with E-state index in [2.05, 4.69) is 20.2 Å². The van der Waals surface area contributed by atoms with Gasteiger partial charge in [-0.05, 0) is 0 Å². The van der Waals surface area contributed by atoms with E-state index in [1.807, 2.05) is 0 Å². The quantitative estimate of drug-likeness (QED) is 0.483. The monoisotopic (exact) mass is 222 g/mol. The van der Waals surface area contributed by atoms with Gasteiger partial charge in [-0.3, -0.25) is 0 Å². The minimum absolute atomic E-state index is 0.342. The van der Waals surface area contributed by atoms with Crippen molar-refractivity contribution in [2.24, 2.45) is 0 Å².